The average Bonchev–Trinajstić information content (AvgIpc) is 2.75. The molecule has 4 rings (SSSR count). The first-order chi connectivity index (χ1) is 14.8. The van der Waals surface area contributed by atoms with Crippen LogP contribution in [0.2, 0.25) is 5.02 Å². The number of fused-ring (bicyclic) bond motifs is 1. The molecule has 0 atom stereocenters. The predicted molar refractivity (Wildman–Crippen MR) is 113 cm³/mol. The van der Waals surface area contributed by atoms with Crippen molar-refractivity contribution in [3.05, 3.63) is 65.3 Å². The zero-order chi connectivity index (χ0) is 22.2. The molecule has 3 aromatic rings. The Morgan fingerprint density at radius 1 is 1.10 bits per heavy atom. The molecule has 0 unspecified atom stereocenters. The van der Waals surface area contributed by atoms with Crippen molar-refractivity contribution in [2.45, 2.75) is 17.7 Å². The number of benzene rings is 2. The zero-order valence-electron chi connectivity index (χ0n) is 16.2. The summed E-state index contributed by atoms with van der Waals surface area (Å²) in [6.07, 6.45) is 2.20. The van der Waals surface area contributed by atoms with Gasteiger partial charge in [0.2, 0.25) is 15.9 Å². The standard InChI is InChI=1S/C21H18ClF2N3O3S/c22-15-10-14-2-1-7-25-20(14)19(11-15)26-21(28)13-5-8-27(9-6-13)31(29,30)16-3-4-17(23)18(24)12-16/h1-4,7,10-13H,5-6,8-9H2,(H,26,28). The number of rotatable bonds is 4. The van der Waals surface area contributed by atoms with Crippen LogP contribution in [0.5, 0.6) is 0 Å². The Bertz CT molecular complexity index is 1260. The fourth-order valence-corrected chi connectivity index (χ4v) is 5.34. The number of carbonyl (C=O) groups excluding carboxylic acids is 1. The Labute approximate surface area is 182 Å². The number of amides is 1. The van der Waals surface area contributed by atoms with Crippen molar-refractivity contribution in [2.75, 3.05) is 18.4 Å². The van der Waals surface area contributed by atoms with Gasteiger partial charge in [0.05, 0.1) is 16.1 Å². The molecule has 0 bridgehead atoms. The van der Waals surface area contributed by atoms with Crippen molar-refractivity contribution in [3.8, 4) is 0 Å². The van der Waals surface area contributed by atoms with Gasteiger partial charge < -0.3 is 5.32 Å². The van der Waals surface area contributed by atoms with Gasteiger partial charge in [0.25, 0.3) is 0 Å². The smallest absolute Gasteiger partial charge is 0.243 e. The normalized spacial score (nSPS) is 15.8. The van der Waals surface area contributed by atoms with Crippen LogP contribution in [0.4, 0.5) is 14.5 Å². The minimum Gasteiger partial charge on any atom is -0.324 e. The molecule has 1 aromatic heterocycles. The summed E-state index contributed by atoms with van der Waals surface area (Å²) in [7, 11) is -3.98. The maximum atomic E-state index is 13.5. The molecule has 0 spiro atoms. The van der Waals surface area contributed by atoms with Crippen molar-refractivity contribution < 1.29 is 22.0 Å². The SMILES string of the molecule is O=C(Nc1cc(Cl)cc2cccnc12)C1CCN(S(=O)(=O)c2ccc(F)c(F)c2)CC1. The average molecular weight is 466 g/mol. The third kappa shape index (κ3) is 4.39. The van der Waals surface area contributed by atoms with Crippen LogP contribution >= 0.6 is 11.6 Å². The van der Waals surface area contributed by atoms with E-state index in [9.17, 15) is 22.0 Å². The molecule has 31 heavy (non-hydrogen) atoms. The summed E-state index contributed by atoms with van der Waals surface area (Å²) in [5.41, 5.74) is 1.10. The van der Waals surface area contributed by atoms with Gasteiger partial charge in [0, 0.05) is 35.6 Å². The van der Waals surface area contributed by atoms with Gasteiger partial charge in [-0.2, -0.15) is 4.31 Å². The second kappa shape index (κ2) is 8.49. The van der Waals surface area contributed by atoms with E-state index in [0.717, 1.165) is 17.5 Å². The molecule has 1 aliphatic heterocycles. The number of hydrogen-bond acceptors (Lipinski definition) is 4. The number of sulfonamides is 1. The minimum atomic E-state index is -3.98. The van der Waals surface area contributed by atoms with E-state index in [1.807, 2.05) is 6.07 Å². The summed E-state index contributed by atoms with van der Waals surface area (Å²) >= 11 is 6.14. The van der Waals surface area contributed by atoms with Crippen LogP contribution in [0, 0.1) is 17.6 Å². The lowest BCUT2D eigenvalue weighted by Gasteiger charge is -2.30. The van der Waals surface area contributed by atoms with Gasteiger partial charge in [0.1, 0.15) is 0 Å². The Kier molecular flexibility index (Phi) is 5.92. The number of pyridine rings is 1. The topological polar surface area (TPSA) is 79.4 Å². The van der Waals surface area contributed by atoms with Crippen molar-refractivity contribution in [2.24, 2.45) is 5.92 Å². The highest BCUT2D eigenvalue weighted by Gasteiger charge is 2.32. The summed E-state index contributed by atoms with van der Waals surface area (Å²) in [5.74, 6) is -3.00. The van der Waals surface area contributed by atoms with Crippen LogP contribution < -0.4 is 5.32 Å². The Hall–Kier alpha value is -2.62. The Morgan fingerprint density at radius 3 is 2.55 bits per heavy atom. The van der Waals surface area contributed by atoms with E-state index < -0.39 is 27.6 Å². The van der Waals surface area contributed by atoms with E-state index in [2.05, 4.69) is 10.3 Å². The van der Waals surface area contributed by atoms with Crippen molar-refractivity contribution in [1.82, 2.24) is 9.29 Å². The predicted octanol–water partition coefficient (Wildman–Crippen LogP) is 4.21. The Balaban J connectivity index is 1.45. The Morgan fingerprint density at radius 2 is 1.84 bits per heavy atom. The van der Waals surface area contributed by atoms with E-state index in [-0.39, 0.29) is 23.9 Å². The van der Waals surface area contributed by atoms with Gasteiger partial charge in [-0.15, -0.1) is 0 Å². The summed E-state index contributed by atoms with van der Waals surface area (Å²) in [5, 5.41) is 4.10. The van der Waals surface area contributed by atoms with Gasteiger partial charge in [-0.25, -0.2) is 17.2 Å². The molecule has 2 aromatic carbocycles. The second-order valence-electron chi connectivity index (χ2n) is 7.27. The first-order valence-electron chi connectivity index (χ1n) is 9.56. The third-order valence-corrected chi connectivity index (χ3v) is 7.39. The number of piperidine rings is 1. The van der Waals surface area contributed by atoms with E-state index >= 15 is 0 Å². The molecule has 1 fully saturated rings. The lowest BCUT2D eigenvalue weighted by atomic mass is 9.97. The highest BCUT2D eigenvalue weighted by molar-refractivity contribution is 7.89. The molecular weight excluding hydrogens is 448 g/mol. The first kappa shape index (κ1) is 21.6. The quantitative estimate of drug-likeness (QED) is 0.626. The van der Waals surface area contributed by atoms with Crippen molar-refractivity contribution >= 4 is 44.1 Å². The number of anilines is 1. The number of hydrogen-bond donors (Lipinski definition) is 1. The molecule has 1 amide bonds. The van der Waals surface area contributed by atoms with E-state index in [0.29, 0.717) is 35.1 Å². The summed E-state index contributed by atoms with van der Waals surface area (Å²) in [4.78, 5) is 16.8. The van der Waals surface area contributed by atoms with Crippen LogP contribution in [0.1, 0.15) is 12.8 Å². The van der Waals surface area contributed by atoms with Gasteiger partial charge in [-0.3, -0.25) is 9.78 Å². The molecule has 1 saturated heterocycles. The fraction of sp³-hybridized carbons (Fsp3) is 0.238. The molecule has 1 N–H and O–H groups in total. The van der Waals surface area contributed by atoms with Gasteiger partial charge in [0.15, 0.2) is 11.6 Å². The van der Waals surface area contributed by atoms with Gasteiger partial charge >= 0.3 is 0 Å². The summed E-state index contributed by atoms with van der Waals surface area (Å²) in [6.45, 7) is 0.182. The van der Waals surface area contributed by atoms with Crippen molar-refractivity contribution in [3.63, 3.8) is 0 Å². The third-order valence-electron chi connectivity index (χ3n) is 5.28. The highest BCUT2D eigenvalue weighted by Crippen LogP contribution is 2.29. The van der Waals surface area contributed by atoms with Crippen LogP contribution in [0.3, 0.4) is 0 Å². The molecule has 162 valence electrons. The number of nitrogens with one attached hydrogen (secondary N) is 1. The van der Waals surface area contributed by atoms with Crippen LogP contribution in [0.25, 0.3) is 10.9 Å². The van der Waals surface area contributed by atoms with E-state index in [4.69, 9.17) is 11.6 Å². The number of aromatic nitrogens is 1. The maximum absolute atomic E-state index is 13.5. The minimum absolute atomic E-state index is 0.0912. The molecule has 0 saturated carbocycles. The highest BCUT2D eigenvalue weighted by atomic mass is 35.5. The number of nitrogens with zero attached hydrogens (tertiary/aromatic N) is 2. The molecule has 0 radical (unpaired) electrons. The second-order valence-corrected chi connectivity index (χ2v) is 9.65. The lowest BCUT2D eigenvalue weighted by molar-refractivity contribution is -0.120. The molecule has 2 heterocycles. The largest absolute Gasteiger partial charge is 0.324 e. The zero-order valence-corrected chi connectivity index (χ0v) is 17.8. The van der Waals surface area contributed by atoms with E-state index in [1.54, 1.807) is 24.4 Å². The van der Waals surface area contributed by atoms with Crippen LogP contribution in [-0.2, 0) is 14.8 Å². The van der Waals surface area contributed by atoms with Crippen LogP contribution in [0.15, 0.2) is 53.6 Å². The number of carbonyl (C=O) groups is 1. The molecule has 1 aliphatic rings. The van der Waals surface area contributed by atoms with Crippen molar-refractivity contribution in [1.29, 1.82) is 0 Å². The van der Waals surface area contributed by atoms with Gasteiger partial charge in [-0.05, 0) is 49.2 Å². The summed E-state index contributed by atoms with van der Waals surface area (Å²) < 4.78 is 53.2. The molecule has 0 aliphatic carbocycles. The monoisotopic (exact) mass is 465 g/mol. The van der Waals surface area contributed by atoms with Crippen LogP contribution in [-0.4, -0.2) is 36.7 Å². The lowest BCUT2D eigenvalue weighted by Crippen LogP contribution is -2.41. The summed E-state index contributed by atoms with van der Waals surface area (Å²) in [6, 6.07) is 9.47. The van der Waals surface area contributed by atoms with E-state index in [1.165, 1.54) is 4.31 Å². The van der Waals surface area contributed by atoms with Gasteiger partial charge in [-0.1, -0.05) is 17.7 Å². The maximum Gasteiger partial charge on any atom is 0.243 e. The molecule has 10 heteroatoms. The fourth-order valence-electron chi connectivity index (χ4n) is 3.63. The molecule has 6 nitrogen and oxygen atoms in total. The number of halogens is 3. The first-order valence-corrected chi connectivity index (χ1v) is 11.4. The molecular formula is C21H18ClF2N3O3S.